The van der Waals surface area contributed by atoms with E-state index in [-0.39, 0.29) is 12.5 Å². The van der Waals surface area contributed by atoms with E-state index >= 15 is 0 Å². The van der Waals surface area contributed by atoms with E-state index < -0.39 is 5.82 Å². The van der Waals surface area contributed by atoms with Crippen LogP contribution in [0.4, 0.5) is 4.39 Å². The molecular weight excluding hydrogens is 269 g/mol. The summed E-state index contributed by atoms with van der Waals surface area (Å²) in [6.07, 6.45) is 0.928. The molecule has 0 saturated carbocycles. The fourth-order valence-electron chi connectivity index (χ4n) is 2.47. The highest BCUT2D eigenvalue weighted by atomic mass is 19.1. The summed E-state index contributed by atoms with van der Waals surface area (Å²) in [5.41, 5.74) is 6.20. The molecule has 2 N–H and O–H groups in total. The van der Waals surface area contributed by atoms with Crippen LogP contribution >= 0.6 is 0 Å². The van der Waals surface area contributed by atoms with Crippen molar-refractivity contribution in [2.75, 3.05) is 33.7 Å². The molecule has 112 valence electrons. The number of likely N-dealkylation sites (N-methyl/N-ethyl adjacent to an activating group) is 1. The minimum absolute atomic E-state index is 0.167. The van der Waals surface area contributed by atoms with Crippen LogP contribution in [0.1, 0.15) is 22.3 Å². The number of carbonyl (C=O) groups excluding carboxylic acids is 1. The number of rotatable bonds is 2. The molecule has 2 rings (SSSR count). The van der Waals surface area contributed by atoms with Gasteiger partial charge >= 0.3 is 0 Å². The smallest absolute Gasteiger partial charge is 0.255 e. The Morgan fingerprint density at radius 3 is 2.90 bits per heavy atom. The zero-order valence-corrected chi connectivity index (χ0v) is 12.4. The Morgan fingerprint density at radius 1 is 1.52 bits per heavy atom. The molecule has 5 heteroatoms. The fourth-order valence-corrected chi connectivity index (χ4v) is 2.47. The summed E-state index contributed by atoms with van der Waals surface area (Å²) in [6, 6.07) is 4.45. The lowest BCUT2D eigenvalue weighted by Gasteiger charge is -2.21. The van der Waals surface area contributed by atoms with Crippen LogP contribution < -0.4 is 5.73 Å². The second-order valence-corrected chi connectivity index (χ2v) is 5.35. The number of nitrogens with zero attached hydrogens (tertiary/aromatic N) is 2. The molecule has 1 amide bonds. The van der Waals surface area contributed by atoms with Gasteiger partial charge < -0.3 is 15.5 Å². The lowest BCUT2D eigenvalue weighted by molar-refractivity contribution is 0.0782. The summed E-state index contributed by atoms with van der Waals surface area (Å²) < 4.78 is 13.5. The number of nitrogens with two attached hydrogens (primary N) is 1. The fraction of sp³-hybridized carbons (Fsp3) is 0.438. The van der Waals surface area contributed by atoms with Crippen LogP contribution in [0.5, 0.6) is 0 Å². The summed E-state index contributed by atoms with van der Waals surface area (Å²) in [6.45, 7) is 1.55. The number of carbonyl (C=O) groups is 1. The highest BCUT2D eigenvalue weighted by Crippen LogP contribution is 2.19. The highest BCUT2D eigenvalue weighted by molar-refractivity contribution is 5.97. The van der Waals surface area contributed by atoms with Crippen LogP contribution in [-0.4, -0.2) is 55.5 Å². The van der Waals surface area contributed by atoms with E-state index in [1.165, 1.54) is 18.2 Å². The van der Waals surface area contributed by atoms with E-state index in [4.69, 9.17) is 5.73 Å². The first-order valence-corrected chi connectivity index (χ1v) is 6.97. The van der Waals surface area contributed by atoms with Gasteiger partial charge in [-0.1, -0.05) is 11.8 Å². The van der Waals surface area contributed by atoms with Crippen LogP contribution in [0.25, 0.3) is 0 Å². The molecule has 1 fully saturated rings. The van der Waals surface area contributed by atoms with E-state index in [0.717, 1.165) is 6.42 Å². The maximum absolute atomic E-state index is 13.5. The van der Waals surface area contributed by atoms with E-state index in [1.54, 1.807) is 4.90 Å². The molecule has 21 heavy (non-hydrogen) atoms. The van der Waals surface area contributed by atoms with Gasteiger partial charge in [0.05, 0.1) is 12.1 Å². The molecule has 0 bridgehead atoms. The Kier molecular flexibility index (Phi) is 4.94. The van der Waals surface area contributed by atoms with Gasteiger partial charge in [0.1, 0.15) is 5.82 Å². The molecule has 0 aromatic heterocycles. The average Bonchev–Trinajstić information content (AvgIpc) is 2.95. The number of likely N-dealkylation sites (tertiary alicyclic amines) is 1. The molecule has 1 aliphatic rings. The van der Waals surface area contributed by atoms with Crippen molar-refractivity contribution in [1.82, 2.24) is 9.80 Å². The molecule has 1 aliphatic heterocycles. The van der Waals surface area contributed by atoms with Crippen LogP contribution in [0.3, 0.4) is 0 Å². The monoisotopic (exact) mass is 289 g/mol. The summed E-state index contributed by atoms with van der Waals surface area (Å²) in [5.74, 6) is 4.96. The lowest BCUT2D eigenvalue weighted by Crippen LogP contribution is -2.34. The molecule has 1 heterocycles. The van der Waals surface area contributed by atoms with E-state index in [1.807, 2.05) is 14.1 Å². The molecule has 4 nitrogen and oxygen atoms in total. The van der Waals surface area contributed by atoms with Gasteiger partial charge in [0, 0.05) is 24.7 Å². The summed E-state index contributed by atoms with van der Waals surface area (Å²) in [4.78, 5) is 16.5. The van der Waals surface area contributed by atoms with Gasteiger partial charge in [-0.25, -0.2) is 4.39 Å². The number of hydrogen-bond donors (Lipinski definition) is 1. The van der Waals surface area contributed by atoms with Gasteiger partial charge in [0.2, 0.25) is 0 Å². The first kappa shape index (κ1) is 15.5. The first-order chi connectivity index (χ1) is 10.0. The predicted octanol–water partition coefficient (Wildman–Crippen LogP) is 0.912. The van der Waals surface area contributed by atoms with E-state index in [0.29, 0.717) is 30.3 Å². The minimum atomic E-state index is -0.431. The Hall–Kier alpha value is -1.90. The topological polar surface area (TPSA) is 49.6 Å². The Labute approximate surface area is 124 Å². The number of halogens is 1. The maximum Gasteiger partial charge on any atom is 0.255 e. The third-order valence-corrected chi connectivity index (χ3v) is 3.72. The van der Waals surface area contributed by atoms with Gasteiger partial charge in [-0.15, -0.1) is 0 Å². The Bertz CT molecular complexity index is 589. The normalized spacial score (nSPS) is 17.8. The summed E-state index contributed by atoms with van der Waals surface area (Å²) in [5, 5.41) is 0. The van der Waals surface area contributed by atoms with Crippen molar-refractivity contribution >= 4 is 5.91 Å². The molecule has 1 aromatic carbocycles. The second-order valence-electron chi connectivity index (χ2n) is 5.35. The molecule has 0 radical (unpaired) electrons. The van der Waals surface area contributed by atoms with Crippen molar-refractivity contribution in [3.63, 3.8) is 0 Å². The largest absolute Gasteiger partial charge is 0.337 e. The Balaban J connectivity index is 2.25. The van der Waals surface area contributed by atoms with Crippen molar-refractivity contribution in [3.05, 3.63) is 35.1 Å². The second kappa shape index (κ2) is 6.70. The lowest BCUT2D eigenvalue weighted by atomic mass is 10.1. The highest BCUT2D eigenvalue weighted by Gasteiger charge is 2.29. The van der Waals surface area contributed by atoms with Gasteiger partial charge in [-0.2, -0.15) is 0 Å². The maximum atomic E-state index is 13.5. The van der Waals surface area contributed by atoms with Crippen molar-refractivity contribution in [2.45, 2.75) is 12.5 Å². The predicted molar refractivity (Wildman–Crippen MR) is 80.3 cm³/mol. The number of amides is 1. The van der Waals surface area contributed by atoms with Crippen LogP contribution in [-0.2, 0) is 0 Å². The van der Waals surface area contributed by atoms with Crippen molar-refractivity contribution in [3.8, 4) is 11.8 Å². The summed E-state index contributed by atoms with van der Waals surface area (Å²) >= 11 is 0. The third-order valence-electron chi connectivity index (χ3n) is 3.72. The van der Waals surface area contributed by atoms with Gasteiger partial charge in [-0.05, 0) is 38.7 Å². The quantitative estimate of drug-likeness (QED) is 0.824. The summed E-state index contributed by atoms with van der Waals surface area (Å²) in [7, 11) is 4.00. The van der Waals surface area contributed by atoms with Gasteiger partial charge in [0.15, 0.2) is 0 Å². The van der Waals surface area contributed by atoms with E-state index in [2.05, 4.69) is 16.7 Å². The third kappa shape index (κ3) is 3.60. The molecule has 0 aliphatic carbocycles. The van der Waals surface area contributed by atoms with Crippen molar-refractivity contribution in [2.24, 2.45) is 5.73 Å². The first-order valence-electron chi connectivity index (χ1n) is 6.97. The number of benzene rings is 1. The zero-order valence-electron chi connectivity index (χ0n) is 12.4. The zero-order chi connectivity index (χ0) is 15.4. The minimum Gasteiger partial charge on any atom is -0.337 e. The molecular formula is C16H20FN3O. The van der Waals surface area contributed by atoms with Gasteiger partial charge in [0.25, 0.3) is 5.91 Å². The van der Waals surface area contributed by atoms with E-state index in [9.17, 15) is 9.18 Å². The molecule has 1 atom stereocenters. The Morgan fingerprint density at radius 2 is 2.29 bits per heavy atom. The molecule has 1 aromatic rings. The van der Waals surface area contributed by atoms with Gasteiger partial charge in [-0.3, -0.25) is 4.79 Å². The van der Waals surface area contributed by atoms with Crippen molar-refractivity contribution in [1.29, 1.82) is 0 Å². The van der Waals surface area contributed by atoms with Crippen molar-refractivity contribution < 1.29 is 9.18 Å². The average molecular weight is 289 g/mol. The SMILES string of the molecule is CN(C)C1CCN(C(=O)c2cc(F)ccc2C#CCN)C1. The molecule has 1 unspecified atom stereocenters. The standard InChI is InChI=1S/C16H20FN3O/c1-19(2)14-7-9-20(11-14)16(21)15-10-13(17)6-5-12(15)4-3-8-18/h5-6,10,14H,7-9,11,18H2,1-2H3. The van der Waals surface area contributed by atoms with Crippen LogP contribution in [0, 0.1) is 17.7 Å². The number of hydrogen-bond acceptors (Lipinski definition) is 3. The molecule has 1 saturated heterocycles. The molecule has 0 spiro atoms. The van der Waals surface area contributed by atoms with Crippen LogP contribution in [0.2, 0.25) is 0 Å². The van der Waals surface area contributed by atoms with Crippen LogP contribution in [0.15, 0.2) is 18.2 Å².